The molecule has 2 N–H and O–H groups in total. The number of aliphatic hydroxyl groups excluding tert-OH is 1. The summed E-state index contributed by atoms with van der Waals surface area (Å²) < 4.78 is 10.3. The first-order chi connectivity index (χ1) is 8.12. The molecule has 0 aromatic heterocycles. The van der Waals surface area contributed by atoms with Gasteiger partial charge in [-0.1, -0.05) is 0 Å². The highest BCUT2D eigenvalue weighted by Crippen LogP contribution is 2.29. The van der Waals surface area contributed by atoms with Gasteiger partial charge >= 0.3 is 0 Å². The van der Waals surface area contributed by atoms with Crippen LogP contribution in [0.3, 0.4) is 0 Å². The topological polar surface area (TPSA) is 67.8 Å². The van der Waals surface area contributed by atoms with E-state index in [0.29, 0.717) is 17.1 Å². The molecule has 0 aliphatic carbocycles. The van der Waals surface area contributed by atoms with Gasteiger partial charge in [0, 0.05) is 18.6 Å². The molecule has 0 spiro atoms. The van der Waals surface area contributed by atoms with Crippen LogP contribution < -0.4 is 14.8 Å². The lowest BCUT2D eigenvalue weighted by atomic mass is 10.1. The number of carbonyl (C=O) groups is 1. The number of rotatable bonds is 5. The second kappa shape index (κ2) is 6.10. The van der Waals surface area contributed by atoms with Gasteiger partial charge in [0.25, 0.3) is 0 Å². The summed E-state index contributed by atoms with van der Waals surface area (Å²) in [6.45, 7) is 1.21. The molecule has 1 unspecified atom stereocenters. The van der Waals surface area contributed by atoms with E-state index in [0.717, 1.165) is 0 Å². The predicted octanol–water partition coefficient (Wildman–Crippen LogP) is 0.873. The van der Waals surface area contributed by atoms with E-state index >= 15 is 0 Å². The van der Waals surface area contributed by atoms with Crippen LogP contribution in [0.4, 0.5) is 0 Å². The standard InChI is InChI=1S/C12H17NO4/c1-8(15)13-11(7-14)10-5-4-9(16-2)6-12(10)17-3/h4-6,11,14H,7H2,1-3H3,(H,13,15). The van der Waals surface area contributed by atoms with Crippen LogP contribution in [0.1, 0.15) is 18.5 Å². The normalized spacial score (nSPS) is 11.8. The molecule has 0 aliphatic rings. The lowest BCUT2D eigenvalue weighted by Crippen LogP contribution is -2.28. The highest BCUT2D eigenvalue weighted by Gasteiger charge is 2.16. The number of hydrogen-bond acceptors (Lipinski definition) is 4. The number of aliphatic hydroxyl groups is 1. The fourth-order valence-corrected chi connectivity index (χ4v) is 1.57. The second-order valence-electron chi connectivity index (χ2n) is 3.54. The third-order valence-corrected chi connectivity index (χ3v) is 2.38. The number of ether oxygens (including phenoxy) is 2. The van der Waals surface area contributed by atoms with Gasteiger partial charge in [0.15, 0.2) is 0 Å². The van der Waals surface area contributed by atoms with E-state index in [1.807, 2.05) is 0 Å². The van der Waals surface area contributed by atoms with Crippen molar-refractivity contribution < 1.29 is 19.4 Å². The van der Waals surface area contributed by atoms with Crippen LogP contribution in [-0.2, 0) is 4.79 Å². The Morgan fingerprint density at radius 3 is 2.59 bits per heavy atom. The SMILES string of the molecule is COc1ccc(C(CO)NC(C)=O)c(OC)c1. The average molecular weight is 239 g/mol. The van der Waals surface area contributed by atoms with E-state index in [4.69, 9.17) is 9.47 Å². The van der Waals surface area contributed by atoms with Crippen molar-refractivity contribution in [3.05, 3.63) is 23.8 Å². The van der Waals surface area contributed by atoms with Crippen LogP contribution in [0.2, 0.25) is 0 Å². The van der Waals surface area contributed by atoms with Gasteiger partial charge in [0.05, 0.1) is 26.9 Å². The molecule has 1 rings (SSSR count). The maximum Gasteiger partial charge on any atom is 0.217 e. The molecule has 0 aliphatic heterocycles. The Balaban J connectivity index is 3.05. The third kappa shape index (κ3) is 3.35. The van der Waals surface area contributed by atoms with Gasteiger partial charge in [0.2, 0.25) is 5.91 Å². The summed E-state index contributed by atoms with van der Waals surface area (Å²) in [6.07, 6.45) is 0. The molecule has 1 aromatic rings. The lowest BCUT2D eigenvalue weighted by Gasteiger charge is -2.19. The molecule has 17 heavy (non-hydrogen) atoms. The highest BCUT2D eigenvalue weighted by atomic mass is 16.5. The van der Waals surface area contributed by atoms with E-state index < -0.39 is 6.04 Å². The molecule has 5 heteroatoms. The van der Waals surface area contributed by atoms with Gasteiger partial charge < -0.3 is 19.9 Å². The molecule has 0 radical (unpaired) electrons. The van der Waals surface area contributed by atoms with Gasteiger partial charge in [-0.25, -0.2) is 0 Å². The molecular formula is C12H17NO4. The van der Waals surface area contributed by atoms with Crippen molar-refractivity contribution in [1.29, 1.82) is 0 Å². The Hall–Kier alpha value is -1.75. The molecule has 1 amide bonds. The van der Waals surface area contributed by atoms with Crippen molar-refractivity contribution >= 4 is 5.91 Å². The maximum absolute atomic E-state index is 11.0. The molecule has 0 saturated carbocycles. The fourth-order valence-electron chi connectivity index (χ4n) is 1.57. The largest absolute Gasteiger partial charge is 0.497 e. The Labute approximate surface area is 100 Å². The highest BCUT2D eigenvalue weighted by molar-refractivity contribution is 5.73. The second-order valence-corrected chi connectivity index (χ2v) is 3.54. The molecular weight excluding hydrogens is 222 g/mol. The predicted molar refractivity (Wildman–Crippen MR) is 63.2 cm³/mol. The van der Waals surface area contributed by atoms with Crippen LogP contribution in [0, 0.1) is 0 Å². The molecule has 1 aromatic carbocycles. The van der Waals surface area contributed by atoms with E-state index in [9.17, 15) is 9.90 Å². The van der Waals surface area contributed by atoms with E-state index in [1.54, 1.807) is 25.3 Å². The zero-order valence-corrected chi connectivity index (χ0v) is 10.2. The summed E-state index contributed by atoms with van der Waals surface area (Å²) in [4.78, 5) is 11.0. The van der Waals surface area contributed by atoms with E-state index in [2.05, 4.69) is 5.32 Å². The number of carbonyl (C=O) groups excluding carboxylic acids is 1. The van der Waals surface area contributed by atoms with Crippen molar-refractivity contribution in [2.45, 2.75) is 13.0 Å². The van der Waals surface area contributed by atoms with Gasteiger partial charge in [-0.05, 0) is 12.1 Å². The Morgan fingerprint density at radius 1 is 1.41 bits per heavy atom. The van der Waals surface area contributed by atoms with Crippen LogP contribution in [0.25, 0.3) is 0 Å². The molecule has 5 nitrogen and oxygen atoms in total. The first kappa shape index (κ1) is 13.3. The van der Waals surface area contributed by atoms with Crippen LogP contribution in [0.15, 0.2) is 18.2 Å². The molecule has 0 bridgehead atoms. The molecule has 94 valence electrons. The van der Waals surface area contributed by atoms with Crippen LogP contribution in [0.5, 0.6) is 11.5 Å². The van der Waals surface area contributed by atoms with E-state index in [1.165, 1.54) is 14.0 Å². The zero-order chi connectivity index (χ0) is 12.8. The number of benzene rings is 1. The monoisotopic (exact) mass is 239 g/mol. The fraction of sp³-hybridized carbons (Fsp3) is 0.417. The third-order valence-electron chi connectivity index (χ3n) is 2.38. The van der Waals surface area contributed by atoms with Gasteiger partial charge in [-0.15, -0.1) is 0 Å². The van der Waals surface area contributed by atoms with Crippen LogP contribution >= 0.6 is 0 Å². The molecule has 0 fully saturated rings. The average Bonchev–Trinajstić information content (AvgIpc) is 2.35. The van der Waals surface area contributed by atoms with Crippen molar-refractivity contribution in [3.8, 4) is 11.5 Å². The summed E-state index contributed by atoms with van der Waals surface area (Å²) in [5.41, 5.74) is 0.714. The van der Waals surface area contributed by atoms with Gasteiger partial charge in [-0.3, -0.25) is 4.79 Å². The van der Waals surface area contributed by atoms with Gasteiger partial charge in [0.1, 0.15) is 11.5 Å². The summed E-state index contributed by atoms with van der Waals surface area (Å²) in [7, 11) is 3.09. The Bertz CT molecular complexity index is 392. The van der Waals surface area contributed by atoms with Crippen molar-refractivity contribution in [2.24, 2.45) is 0 Å². The van der Waals surface area contributed by atoms with Crippen molar-refractivity contribution in [3.63, 3.8) is 0 Å². The summed E-state index contributed by atoms with van der Waals surface area (Å²) in [5, 5.41) is 11.9. The Morgan fingerprint density at radius 2 is 2.12 bits per heavy atom. The first-order valence-corrected chi connectivity index (χ1v) is 5.22. The number of nitrogens with one attached hydrogen (secondary N) is 1. The Kier molecular flexibility index (Phi) is 4.78. The molecule has 0 heterocycles. The van der Waals surface area contributed by atoms with Crippen molar-refractivity contribution in [2.75, 3.05) is 20.8 Å². The summed E-state index contributed by atoms with van der Waals surface area (Å²) >= 11 is 0. The minimum atomic E-state index is -0.478. The molecule has 1 atom stereocenters. The van der Waals surface area contributed by atoms with Gasteiger partial charge in [-0.2, -0.15) is 0 Å². The minimum absolute atomic E-state index is 0.192. The minimum Gasteiger partial charge on any atom is -0.497 e. The first-order valence-electron chi connectivity index (χ1n) is 5.22. The maximum atomic E-state index is 11.0. The smallest absolute Gasteiger partial charge is 0.217 e. The van der Waals surface area contributed by atoms with E-state index in [-0.39, 0.29) is 12.5 Å². The summed E-state index contributed by atoms with van der Waals surface area (Å²) in [6, 6.07) is 4.74. The molecule has 0 saturated heterocycles. The van der Waals surface area contributed by atoms with Crippen molar-refractivity contribution in [1.82, 2.24) is 5.32 Å². The quantitative estimate of drug-likeness (QED) is 0.800. The number of methoxy groups -OCH3 is 2. The van der Waals surface area contributed by atoms with Crippen LogP contribution in [-0.4, -0.2) is 31.8 Å². The summed E-state index contributed by atoms with van der Waals surface area (Å²) in [5.74, 6) is 1.02. The number of hydrogen-bond donors (Lipinski definition) is 2. The zero-order valence-electron chi connectivity index (χ0n) is 10.2. The lowest BCUT2D eigenvalue weighted by molar-refractivity contribution is -0.120. The number of amides is 1.